The van der Waals surface area contributed by atoms with Gasteiger partial charge in [-0.05, 0) is 30.0 Å². The Bertz CT molecular complexity index is 525. The van der Waals surface area contributed by atoms with E-state index in [4.69, 9.17) is 11.6 Å². The van der Waals surface area contributed by atoms with Gasteiger partial charge in [-0.3, -0.25) is 14.9 Å². The molecule has 0 saturated carbocycles. The van der Waals surface area contributed by atoms with Crippen molar-refractivity contribution in [2.45, 2.75) is 33.1 Å². The second-order valence-corrected chi connectivity index (χ2v) is 5.91. The van der Waals surface area contributed by atoms with E-state index in [9.17, 15) is 9.59 Å². The molecular weight excluding hydrogens is 262 g/mol. The summed E-state index contributed by atoms with van der Waals surface area (Å²) >= 11 is 6.15. The van der Waals surface area contributed by atoms with Crippen LogP contribution in [0, 0.1) is 18.8 Å². The summed E-state index contributed by atoms with van der Waals surface area (Å²) in [5.74, 6) is -0.467. The van der Waals surface area contributed by atoms with Crippen molar-refractivity contribution >= 4 is 23.4 Å². The lowest BCUT2D eigenvalue weighted by Crippen LogP contribution is -2.46. The first-order valence-corrected chi connectivity index (χ1v) is 6.87. The Hall–Kier alpha value is -1.35. The van der Waals surface area contributed by atoms with Crippen LogP contribution in [0.1, 0.15) is 37.3 Å². The van der Waals surface area contributed by atoms with E-state index >= 15 is 0 Å². The number of carbonyl (C=O) groups is 2. The normalized spacial score (nSPS) is 23.6. The molecule has 19 heavy (non-hydrogen) atoms. The molecular formula is C15H18ClNO2. The quantitative estimate of drug-likeness (QED) is 0.846. The third kappa shape index (κ3) is 2.81. The number of aryl methyl sites for hydroxylation is 1. The second kappa shape index (κ2) is 5.33. The van der Waals surface area contributed by atoms with Crippen LogP contribution in [-0.4, -0.2) is 11.8 Å². The predicted octanol–water partition coefficient (Wildman–Crippen LogP) is 3.05. The van der Waals surface area contributed by atoms with Crippen LogP contribution in [0.4, 0.5) is 0 Å². The van der Waals surface area contributed by atoms with Crippen molar-refractivity contribution in [1.82, 2.24) is 5.32 Å². The van der Waals surface area contributed by atoms with Crippen LogP contribution < -0.4 is 5.32 Å². The average molecular weight is 280 g/mol. The second-order valence-electron chi connectivity index (χ2n) is 5.50. The van der Waals surface area contributed by atoms with Gasteiger partial charge in [0.15, 0.2) is 0 Å². The minimum absolute atomic E-state index is 0.0839. The maximum absolute atomic E-state index is 12.0. The zero-order valence-corrected chi connectivity index (χ0v) is 12.1. The molecule has 2 unspecified atom stereocenters. The highest BCUT2D eigenvalue weighted by Gasteiger charge is 2.38. The third-order valence-electron chi connectivity index (χ3n) is 3.75. The minimum atomic E-state index is -0.205. The molecule has 0 aromatic heterocycles. The van der Waals surface area contributed by atoms with Gasteiger partial charge >= 0.3 is 0 Å². The van der Waals surface area contributed by atoms with E-state index in [1.54, 1.807) is 0 Å². The van der Waals surface area contributed by atoms with Gasteiger partial charge in [0.2, 0.25) is 11.8 Å². The number of hydrogen-bond donors (Lipinski definition) is 1. The topological polar surface area (TPSA) is 46.2 Å². The molecule has 0 spiro atoms. The van der Waals surface area contributed by atoms with Crippen molar-refractivity contribution in [3.05, 3.63) is 34.3 Å². The first-order valence-electron chi connectivity index (χ1n) is 6.50. The van der Waals surface area contributed by atoms with E-state index in [0.29, 0.717) is 11.4 Å². The summed E-state index contributed by atoms with van der Waals surface area (Å²) in [7, 11) is 0. The molecule has 102 valence electrons. The van der Waals surface area contributed by atoms with Crippen LogP contribution in [0.3, 0.4) is 0 Å². The third-order valence-corrected chi connectivity index (χ3v) is 4.15. The zero-order chi connectivity index (χ0) is 14.2. The fraction of sp³-hybridized carbons (Fsp3) is 0.467. The van der Waals surface area contributed by atoms with Gasteiger partial charge in [0.25, 0.3) is 0 Å². The van der Waals surface area contributed by atoms with Crippen molar-refractivity contribution in [3.8, 4) is 0 Å². The molecule has 1 N–H and O–H groups in total. The Labute approximate surface area is 118 Å². The molecule has 4 heteroatoms. The minimum Gasteiger partial charge on any atom is -0.296 e. The van der Waals surface area contributed by atoms with E-state index < -0.39 is 0 Å². The number of halogens is 1. The highest BCUT2D eigenvalue weighted by atomic mass is 35.5. The molecule has 0 aliphatic carbocycles. The summed E-state index contributed by atoms with van der Waals surface area (Å²) in [5, 5.41) is 3.10. The largest absolute Gasteiger partial charge is 0.296 e. The first kappa shape index (κ1) is 14.1. The lowest BCUT2D eigenvalue weighted by molar-refractivity contribution is -0.138. The van der Waals surface area contributed by atoms with E-state index in [-0.39, 0.29) is 29.6 Å². The Morgan fingerprint density at radius 3 is 2.58 bits per heavy atom. The molecule has 1 aliphatic rings. The van der Waals surface area contributed by atoms with Crippen molar-refractivity contribution in [2.75, 3.05) is 0 Å². The summed E-state index contributed by atoms with van der Waals surface area (Å²) in [6.07, 6.45) is 0.341. The highest BCUT2D eigenvalue weighted by Crippen LogP contribution is 2.37. The maximum Gasteiger partial charge on any atom is 0.230 e. The number of hydrogen-bond acceptors (Lipinski definition) is 2. The fourth-order valence-electron chi connectivity index (χ4n) is 2.71. The van der Waals surface area contributed by atoms with E-state index in [1.165, 1.54) is 0 Å². The lowest BCUT2D eigenvalue weighted by Gasteiger charge is -2.33. The molecule has 0 bridgehead atoms. The highest BCUT2D eigenvalue weighted by molar-refractivity contribution is 6.31. The van der Waals surface area contributed by atoms with Crippen LogP contribution in [-0.2, 0) is 9.59 Å². The van der Waals surface area contributed by atoms with E-state index in [0.717, 1.165) is 11.1 Å². The molecule has 1 aliphatic heterocycles. The van der Waals surface area contributed by atoms with E-state index in [2.05, 4.69) is 5.32 Å². The molecule has 1 saturated heterocycles. The number of amides is 2. The summed E-state index contributed by atoms with van der Waals surface area (Å²) in [6.45, 7) is 5.94. The SMILES string of the molecule is Cc1ccc(C2CC(=O)NC(=O)C2C(C)C)cc1Cl. The van der Waals surface area contributed by atoms with Crippen LogP contribution in [0.15, 0.2) is 18.2 Å². The molecule has 2 atom stereocenters. The summed E-state index contributed by atoms with van der Waals surface area (Å²) < 4.78 is 0. The Morgan fingerprint density at radius 2 is 2.00 bits per heavy atom. The molecule has 1 fully saturated rings. The molecule has 1 aromatic carbocycles. The summed E-state index contributed by atoms with van der Waals surface area (Å²) in [6, 6.07) is 5.78. The van der Waals surface area contributed by atoms with Gasteiger partial charge in [-0.1, -0.05) is 37.6 Å². The Morgan fingerprint density at radius 1 is 1.32 bits per heavy atom. The number of nitrogens with one attached hydrogen (secondary N) is 1. The smallest absolute Gasteiger partial charge is 0.230 e. The number of imide groups is 1. The summed E-state index contributed by atoms with van der Waals surface area (Å²) in [4.78, 5) is 23.6. The molecule has 1 aromatic rings. The van der Waals surface area contributed by atoms with Crippen LogP contribution in [0.2, 0.25) is 5.02 Å². The Balaban J connectivity index is 2.40. The van der Waals surface area contributed by atoms with Gasteiger partial charge < -0.3 is 0 Å². The monoisotopic (exact) mass is 279 g/mol. The number of carbonyl (C=O) groups excluding carboxylic acids is 2. The van der Waals surface area contributed by atoms with Crippen LogP contribution in [0.25, 0.3) is 0 Å². The molecule has 3 nitrogen and oxygen atoms in total. The lowest BCUT2D eigenvalue weighted by atomic mass is 9.74. The van der Waals surface area contributed by atoms with Gasteiger partial charge in [-0.15, -0.1) is 0 Å². The van der Waals surface area contributed by atoms with Crippen molar-refractivity contribution in [2.24, 2.45) is 11.8 Å². The van der Waals surface area contributed by atoms with Gasteiger partial charge in [-0.2, -0.15) is 0 Å². The van der Waals surface area contributed by atoms with Crippen LogP contribution in [0.5, 0.6) is 0 Å². The fourth-order valence-corrected chi connectivity index (χ4v) is 2.90. The summed E-state index contributed by atoms with van der Waals surface area (Å²) in [5.41, 5.74) is 1.97. The van der Waals surface area contributed by atoms with Gasteiger partial charge in [0, 0.05) is 23.3 Å². The first-order chi connectivity index (χ1) is 8.90. The average Bonchev–Trinajstić information content (AvgIpc) is 2.31. The molecule has 0 radical (unpaired) electrons. The Kier molecular flexibility index (Phi) is 3.95. The van der Waals surface area contributed by atoms with Gasteiger partial charge in [0.05, 0.1) is 0 Å². The standard InChI is InChI=1S/C15H18ClNO2/c1-8(2)14-11(7-13(18)17-15(14)19)10-5-4-9(3)12(16)6-10/h4-6,8,11,14H,7H2,1-3H3,(H,17,18,19). The van der Waals surface area contributed by atoms with Gasteiger partial charge in [0.1, 0.15) is 0 Å². The van der Waals surface area contributed by atoms with Crippen LogP contribution >= 0.6 is 11.6 Å². The van der Waals surface area contributed by atoms with Crippen molar-refractivity contribution in [1.29, 1.82) is 0 Å². The maximum atomic E-state index is 12.0. The number of benzene rings is 1. The molecule has 2 amide bonds. The van der Waals surface area contributed by atoms with E-state index in [1.807, 2.05) is 39.0 Å². The van der Waals surface area contributed by atoms with Crippen molar-refractivity contribution in [3.63, 3.8) is 0 Å². The number of rotatable bonds is 2. The van der Waals surface area contributed by atoms with Crippen molar-refractivity contribution < 1.29 is 9.59 Å². The zero-order valence-electron chi connectivity index (χ0n) is 11.4. The number of piperidine rings is 1. The molecule has 1 heterocycles. The molecule has 2 rings (SSSR count). The predicted molar refractivity (Wildman–Crippen MR) is 75.0 cm³/mol. The van der Waals surface area contributed by atoms with Gasteiger partial charge in [-0.25, -0.2) is 0 Å².